The summed E-state index contributed by atoms with van der Waals surface area (Å²) in [6.45, 7) is 4.80. The molecule has 0 aliphatic carbocycles. The van der Waals surface area contributed by atoms with Crippen molar-refractivity contribution >= 4 is 23.6 Å². The van der Waals surface area contributed by atoms with E-state index in [4.69, 9.17) is 10.2 Å². The fourth-order valence-corrected chi connectivity index (χ4v) is 1.39. The van der Waals surface area contributed by atoms with Crippen LogP contribution in [0.1, 0.15) is 6.92 Å². The second-order valence-corrected chi connectivity index (χ2v) is 3.96. The molecule has 0 heterocycles. The Kier molecular flexibility index (Phi) is 6.81. The van der Waals surface area contributed by atoms with E-state index in [-0.39, 0.29) is 5.75 Å². The van der Waals surface area contributed by atoms with Crippen LogP contribution in [0.3, 0.4) is 0 Å². The Morgan fingerprint density at radius 1 is 1.60 bits per heavy atom. The Morgan fingerprint density at radius 3 is 2.60 bits per heavy atom. The van der Waals surface area contributed by atoms with Gasteiger partial charge in [0.2, 0.25) is 5.91 Å². The van der Waals surface area contributed by atoms with E-state index in [0.29, 0.717) is 5.75 Å². The Morgan fingerprint density at radius 2 is 2.20 bits per heavy atom. The monoisotopic (exact) mass is 233 g/mol. The van der Waals surface area contributed by atoms with Crippen molar-refractivity contribution in [1.29, 1.82) is 0 Å². The van der Waals surface area contributed by atoms with Gasteiger partial charge in [-0.05, 0) is 6.92 Å². The van der Waals surface area contributed by atoms with Crippen LogP contribution in [0.5, 0.6) is 0 Å². The molecule has 0 radical (unpaired) electrons. The van der Waals surface area contributed by atoms with Gasteiger partial charge in [0, 0.05) is 5.75 Å². The van der Waals surface area contributed by atoms with Crippen LogP contribution in [0.25, 0.3) is 0 Å². The van der Waals surface area contributed by atoms with Gasteiger partial charge in [-0.3, -0.25) is 4.79 Å². The van der Waals surface area contributed by atoms with Crippen LogP contribution in [0.15, 0.2) is 12.7 Å². The number of aliphatic hydroxyl groups is 1. The third-order valence-electron chi connectivity index (χ3n) is 1.53. The largest absolute Gasteiger partial charge is 0.480 e. The molecule has 0 rings (SSSR count). The van der Waals surface area contributed by atoms with Crippen molar-refractivity contribution in [3.63, 3.8) is 0 Å². The van der Waals surface area contributed by atoms with Crippen LogP contribution in [-0.2, 0) is 9.59 Å². The Hall–Kier alpha value is -1.01. The second-order valence-electron chi connectivity index (χ2n) is 2.93. The summed E-state index contributed by atoms with van der Waals surface area (Å²) in [5.74, 6) is -0.871. The zero-order valence-corrected chi connectivity index (χ0v) is 9.29. The highest BCUT2D eigenvalue weighted by atomic mass is 32.2. The molecule has 15 heavy (non-hydrogen) atoms. The van der Waals surface area contributed by atoms with Crippen LogP contribution < -0.4 is 5.32 Å². The number of hydrogen-bond donors (Lipinski definition) is 3. The summed E-state index contributed by atoms with van der Waals surface area (Å²) in [7, 11) is 0. The van der Waals surface area contributed by atoms with Crippen LogP contribution in [0, 0.1) is 0 Å². The minimum absolute atomic E-state index is 0.155. The van der Waals surface area contributed by atoms with Crippen molar-refractivity contribution in [3.8, 4) is 0 Å². The van der Waals surface area contributed by atoms with E-state index in [1.807, 2.05) is 0 Å². The van der Waals surface area contributed by atoms with E-state index in [1.54, 1.807) is 6.08 Å². The topological polar surface area (TPSA) is 86.6 Å². The molecule has 6 heteroatoms. The zero-order valence-electron chi connectivity index (χ0n) is 8.47. The minimum atomic E-state index is -1.25. The molecule has 0 fully saturated rings. The second kappa shape index (κ2) is 7.30. The molecule has 86 valence electrons. The average molecular weight is 233 g/mol. The van der Waals surface area contributed by atoms with E-state index in [2.05, 4.69) is 11.9 Å². The number of carbonyl (C=O) groups is 2. The van der Waals surface area contributed by atoms with Gasteiger partial charge < -0.3 is 15.5 Å². The van der Waals surface area contributed by atoms with Gasteiger partial charge in [0.1, 0.15) is 0 Å². The summed E-state index contributed by atoms with van der Waals surface area (Å²) in [6.07, 6.45) is 0.539. The lowest BCUT2D eigenvalue weighted by molar-refractivity contribution is -0.144. The molecule has 5 nitrogen and oxygen atoms in total. The highest BCUT2D eigenvalue weighted by Crippen LogP contribution is 2.00. The number of carbonyl (C=O) groups excluding carboxylic acids is 1. The van der Waals surface area contributed by atoms with Crippen molar-refractivity contribution < 1.29 is 19.8 Å². The molecule has 0 aromatic heterocycles. The van der Waals surface area contributed by atoms with Crippen LogP contribution in [0.2, 0.25) is 0 Å². The molecule has 2 unspecified atom stereocenters. The number of aliphatic carboxylic acids is 1. The van der Waals surface area contributed by atoms with Crippen molar-refractivity contribution in [1.82, 2.24) is 5.32 Å². The number of thioether (sulfide) groups is 1. The van der Waals surface area contributed by atoms with Crippen molar-refractivity contribution in [2.45, 2.75) is 19.1 Å². The molecule has 0 aliphatic heterocycles. The van der Waals surface area contributed by atoms with E-state index < -0.39 is 24.0 Å². The summed E-state index contributed by atoms with van der Waals surface area (Å²) in [5, 5.41) is 20.0. The molecule has 0 bridgehead atoms. The summed E-state index contributed by atoms with van der Waals surface area (Å²) in [4.78, 5) is 21.8. The number of nitrogens with one attached hydrogen (secondary N) is 1. The first-order valence-corrected chi connectivity index (χ1v) is 5.53. The average Bonchev–Trinajstić information content (AvgIpc) is 2.13. The van der Waals surface area contributed by atoms with E-state index in [1.165, 1.54) is 18.7 Å². The van der Waals surface area contributed by atoms with Crippen molar-refractivity contribution in [2.75, 3.05) is 11.5 Å². The normalized spacial score (nSPS) is 14.0. The number of carboxylic acid groups (broad SMARTS) is 1. The SMILES string of the molecule is C=CCSCC(=O)NC(C(=O)O)C(C)O. The predicted octanol–water partition coefficient (Wildman–Crippen LogP) is -0.144. The molecule has 0 saturated carbocycles. The molecule has 0 aromatic rings. The zero-order chi connectivity index (χ0) is 11.8. The standard InChI is InChI=1S/C9H15NO4S/c1-3-4-15-5-7(12)10-8(6(2)11)9(13)14/h3,6,8,11H,1,4-5H2,2H3,(H,10,12)(H,13,14). The van der Waals surface area contributed by atoms with Gasteiger partial charge in [-0.25, -0.2) is 4.79 Å². The molecule has 0 aliphatic rings. The van der Waals surface area contributed by atoms with E-state index in [0.717, 1.165) is 0 Å². The highest BCUT2D eigenvalue weighted by Gasteiger charge is 2.24. The summed E-state index contributed by atoms with van der Waals surface area (Å²) in [6, 6.07) is -1.25. The summed E-state index contributed by atoms with van der Waals surface area (Å²) < 4.78 is 0. The summed E-state index contributed by atoms with van der Waals surface area (Å²) in [5.41, 5.74) is 0. The lowest BCUT2D eigenvalue weighted by atomic mass is 10.2. The van der Waals surface area contributed by atoms with Crippen molar-refractivity contribution in [2.24, 2.45) is 0 Å². The van der Waals surface area contributed by atoms with E-state index in [9.17, 15) is 9.59 Å². The predicted molar refractivity (Wildman–Crippen MR) is 58.8 cm³/mol. The maximum Gasteiger partial charge on any atom is 0.328 e. The number of aliphatic hydroxyl groups excluding tert-OH is 1. The highest BCUT2D eigenvalue weighted by molar-refractivity contribution is 8.00. The lowest BCUT2D eigenvalue weighted by Crippen LogP contribution is -2.48. The molecule has 2 atom stereocenters. The lowest BCUT2D eigenvalue weighted by Gasteiger charge is -2.16. The number of rotatable bonds is 7. The van der Waals surface area contributed by atoms with Gasteiger partial charge in [0.05, 0.1) is 11.9 Å². The third-order valence-corrected chi connectivity index (χ3v) is 2.47. The number of hydrogen-bond acceptors (Lipinski definition) is 4. The van der Waals surface area contributed by atoms with Crippen LogP contribution in [-0.4, -0.2) is 45.7 Å². The molecule has 3 N–H and O–H groups in total. The van der Waals surface area contributed by atoms with Crippen LogP contribution >= 0.6 is 11.8 Å². The first-order valence-electron chi connectivity index (χ1n) is 4.38. The first kappa shape index (κ1) is 14.0. The number of carboxylic acids is 1. The van der Waals surface area contributed by atoms with Gasteiger partial charge in [0.15, 0.2) is 6.04 Å². The Bertz CT molecular complexity index is 242. The Balaban J connectivity index is 4.00. The van der Waals surface area contributed by atoms with E-state index >= 15 is 0 Å². The van der Waals surface area contributed by atoms with Crippen molar-refractivity contribution in [3.05, 3.63) is 12.7 Å². The molecule has 0 spiro atoms. The van der Waals surface area contributed by atoms with Crippen LogP contribution in [0.4, 0.5) is 0 Å². The van der Waals surface area contributed by atoms with Gasteiger partial charge in [0.25, 0.3) is 0 Å². The van der Waals surface area contributed by atoms with Gasteiger partial charge in [-0.15, -0.1) is 18.3 Å². The van der Waals surface area contributed by atoms with Gasteiger partial charge in [-0.2, -0.15) is 0 Å². The fraction of sp³-hybridized carbons (Fsp3) is 0.556. The maximum absolute atomic E-state index is 11.2. The molecule has 1 amide bonds. The maximum atomic E-state index is 11.2. The van der Waals surface area contributed by atoms with Gasteiger partial charge in [-0.1, -0.05) is 6.08 Å². The molecule has 0 aromatic carbocycles. The first-order chi connectivity index (χ1) is 6.99. The molecular weight excluding hydrogens is 218 g/mol. The quantitative estimate of drug-likeness (QED) is 0.421. The molecule has 0 saturated heterocycles. The Labute approximate surface area is 92.6 Å². The minimum Gasteiger partial charge on any atom is -0.480 e. The molecular formula is C9H15NO4S. The third kappa shape index (κ3) is 6.14. The smallest absolute Gasteiger partial charge is 0.328 e. The summed E-state index contributed by atoms with van der Waals surface area (Å²) >= 11 is 1.32. The number of amides is 1. The van der Waals surface area contributed by atoms with Gasteiger partial charge >= 0.3 is 5.97 Å². The fourth-order valence-electron chi connectivity index (χ4n) is 0.839.